The van der Waals surface area contributed by atoms with E-state index < -0.39 is 5.91 Å². The number of primary amides is 1. The topological polar surface area (TPSA) is 81.4 Å². The number of ether oxygens (including phenoxy) is 1. The molecule has 0 fully saturated rings. The number of nitrogens with one attached hydrogen (secondary N) is 1. The van der Waals surface area contributed by atoms with Crippen LogP contribution in [0.5, 0.6) is 0 Å². The van der Waals surface area contributed by atoms with Crippen molar-refractivity contribution in [3.05, 3.63) is 35.4 Å². The van der Waals surface area contributed by atoms with E-state index in [2.05, 4.69) is 10.1 Å². The second-order valence-corrected chi connectivity index (χ2v) is 3.69. The van der Waals surface area contributed by atoms with E-state index in [0.29, 0.717) is 12.1 Å². The average molecular weight is 236 g/mol. The van der Waals surface area contributed by atoms with E-state index in [0.717, 1.165) is 5.56 Å². The van der Waals surface area contributed by atoms with Crippen molar-refractivity contribution in [1.82, 2.24) is 5.32 Å². The molecule has 1 amide bonds. The standard InChI is InChI=1S/C12H16N2O3/c1-8(11(13)15)14-7-9-3-5-10(6-4-9)12(16)17-2/h3-6,8,14H,7H2,1-2H3,(H2,13,15). The van der Waals surface area contributed by atoms with Crippen molar-refractivity contribution in [3.8, 4) is 0 Å². The van der Waals surface area contributed by atoms with Crippen molar-refractivity contribution in [2.75, 3.05) is 7.11 Å². The summed E-state index contributed by atoms with van der Waals surface area (Å²) < 4.78 is 4.59. The van der Waals surface area contributed by atoms with E-state index in [1.165, 1.54) is 7.11 Å². The number of hydrogen-bond acceptors (Lipinski definition) is 4. The van der Waals surface area contributed by atoms with E-state index in [9.17, 15) is 9.59 Å². The van der Waals surface area contributed by atoms with Crippen molar-refractivity contribution in [2.24, 2.45) is 5.73 Å². The van der Waals surface area contributed by atoms with Crippen LogP contribution >= 0.6 is 0 Å². The number of rotatable bonds is 5. The molecule has 3 N–H and O–H groups in total. The lowest BCUT2D eigenvalue weighted by atomic mass is 10.1. The summed E-state index contributed by atoms with van der Waals surface area (Å²) in [5.41, 5.74) is 6.58. The van der Waals surface area contributed by atoms with Gasteiger partial charge < -0.3 is 15.8 Å². The molecule has 0 aliphatic heterocycles. The molecular formula is C12H16N2O3. The third kappa shape index (κ3) is 3.88. The molecule has 0 spiro atoms. The number of benzene rings is 1. The maximum atomic E-state index is 11.2. The fourth-order valence-electron chi connectivity index (χ4n) is 1.25. The van der Waals surface area contributed by atoms with Crippen LogP contribution in [-0.2, 0) is 16.1 Å². The minimum absolute atomic E-state index is 0.366. The minimum Gasteiger partial charge on any atom is -0.465 e. The zero-order valence-electron chi connectivity index (χ0n) is 9.90. The molecule has 1 aromatic rings. The fourth-order valence-corrected chi connectivity index (χ4v) is 1.25. The van der Waals surface area contributed by atoms with Gasteiger partial charge in [0, 0.05) is 6.54 Å². The van der Waals surface area contributed by atoms with Crippen molar-refractivity contribution >= 4 is 11.9 Å². The minimum atomic E-state index is -0.392. The smallest absolute Gasteiger partial charge is 0.337 e. The highest BCUT2D eigenvalue weighted by atomic mass is 16.5. The predicted octanol–water partition coefficient (Wildman–Crippen LogP) is 0.437. The molecular weight excluding hydrogens is 220 g/mol. The highest BCUT2D eigenvalue weighted by Gasteiger charge is 2.08. The fraction of sp³-hybridized carbons (Fsp3) is 0.333. The van der Waals surface area contributed by atoms with Gasteiger partial charge in [0.2, 0.25) is 5.91 Å². The monoisotopic (exact) mass is 236 g/mol. The number of amides is 1. The van der Waals surface area contributed by atoms with E-state index in [1.54, 1.807) is 31.2 Å². The van der Waals surface area contributed by atoms with Crippen molar-refractivity contribution in [2.45, 2.75) is 19.5 Å². The molecule has 0 bridgehead atoms. The maximum Gasteiger partial charge on any atom is 0.337 e. The number of esters is 1. The van der Waals surface area contributed by atoms with Gasteiger partial charge in [-0.15, -0.1) is 0 Å². The highest BCUT2D eigenvalue weighted by molar-refractivity contribution is 5.89. The normalized spacial score (nSPS) is 11.9. The molecule has 0 heterocycles. The number of carbonyl (C=O) groups excluding carboxylic acids is 2. The van der Waals surface area contributed by atoms with Gasteiger partial charge in [0.15, 0.2) is 0 Å². The lowest BCUT2D eigenvalue weighted by Crippen LogP contribution is -2.38. The molecule has 5 heteroatoms. The van der Waals surface area contributed by atoms with Crippen molar-refractivity contribution in [1.29, 1.82) is 0 Å². The molecule has 0 saturated carbocycles. The second kappa shape index (κ2) is 6.00. The summed E-state index contributed by atoms with van der Waals surface area (Å²) in [6, 6.07) is 6.57. The van der Waals surface area contributed by atoms with Crippen LogP contribution in [0.4, 0.5) is 0 Å². The quantitative estimate of drug-likeness (QED) is 0.727. The van der Waals surface area contributed by atoms with E-state index in [1.807, 2.05) is 0 Å². The zero-order valence-corrected chi connectivity index (χ0v) is 9.90. The van der Waals surface area contributed by atoms with Crippen LogP contribution < -0.4 is 11.1 Å². The molecule has 5 nitrogen and oxygen atoms in total. The number of hydrogen-bond donors (Lipinski definition) is 2. The summed E-state index contributed by atoms with van der Waals surface area (Å²) >= 11 is 0. The summed E-state index contributed by atoms with van der Waals surface area (Å²) in [6.07, 6.45) is 0. The molecule has 1 atom stereocenters. The highest BCUT2D eigenvalue weighted by Crippen LogP contribution is 2.05. The molecule has 17 heavy (non-hydrogen) atoms. The third-order valence-electron chi connectivity index (χ3n) is 2.41. The van der Waals surface area contributed by atoms with Gasteiger partial charge in [-0.25, -0.2) is 4.79 Å². The van der Waals surface area contributed by atoms with Crippen molar-refractivity contribution in [3.63, 3.8) is 0 Å². The molecule has 92 valence electrons. The first-order valence-corrected chi connectivity index (χ1v) is 5.24. The summed E-state index contributed by atoms with van der Waals surface area (Å²) in [4.78, 5) is 22.0. The van der Waals surface area contributed by atoms with Gasteiger partial charge in [-0.2, -0.15) is 0 Å². The number of methoxy groups -OCH3 is 1. The number of carbonyl (C=O) groups is 2. The van der Waals surface area contributed by atoms with Crippen LogP contribution in [0.1, 0.15) is 22.8 Å². The first-order chi connectivity index (χ1) is 8.04. The van der Waals surface area contributed by atoms with Gasteiger partial charge in [-0.1, -0.05) is 12.1 Å². The Hall–Kier alpha value is -1.88. The maximum absolute atomic E-state index is 11.2. The molecule has 1 rings (SSSR count). The Labute approximate surface area is 99.9 Å². The summed E-state index contributed by atoms with van der Waals surface area (Å²) in [6.45, 7) is 2.22. The first-order valence-electron chi connectivity index (χ1n) is 5.24. The van der Waals surface area contributed by atoms with Crippen LogP contribution in [0.25, 0.3) is 0 Å². The Balaban J connectivity index is 2.57. The van der Waals surface area contributed by atoms with Crippen molar-refractivity contribution < 1.29 is 14.3 Å². The Morgan fingerprint density at radius 3 is 2.41 bits per heavy atom. The van der Waals surface area contributed by atoms with Gasteiger partial charge in [0.1, 0.15) is 0 Å². The van der Waals surface area contributed by atoms with Gasteiger partial charge in [-0.05, 0) is 24.6 Å². The number of nitrogens with two attached hydrogens (primary N) is 1. The van der Waals surface area contributed by atoms with Crippen LogP contribution in [-0.4, -0.2) is 25.0 Å². The lowest BCUT2D eigenvalue weighted by Gasteiger charge is -2.10. The average Bonchev–Trinajstić information content (AvgIpc) is 2.35. The van der Waals surface area contributed by atoms with E-state index in [4.69, 9.17) is 5.73 Å². The Morgan fingerprint density at radius 2 is 1.94 bits per heavy atom. The predicted molar refractivity (Wildman–Crippen MR) is 63.3 cm³/mol. The summed E-state index contributed by atoms with van der Waals surface area (Å²) in [5.74, 6) is -0.758. The van der Waals surface area contributed by atoms with Gasteiger partial charge >= 0.3 is 5.97 Å². The molecule has 0 aliphatic rings. The first kappa shape index (κ1) is 13.2. The molecule has 1 aromatic carbocycles. The van der Waals surface area contributed by atoms with Gasteiger partial charge in [-0.3, -0.25) is 4.79 Å². The Bertz CT molecular complexity index is 401. The van der Waals surface area contributed by atoms with Gasteiger partial charge in [0.05, 0.1) is 18.7 Å². The molecule has 0 aromatic heterocycles. The SMILES string of the molecule is COC(=O)c1ccc(CNC(C)C(N)=O)cc1. The van der Waals surface area contributed by atoms with E-state index in [-0.39, 0.29) is 12.0 Å². The zero-order chi connectivity index (χ0) is 12.8. The Kier molecular flexibility index (Phi) is 4.66. The van der Waals surface area contributed by atoms with E-state index >= 15 is 0 Å². The van der Waals surface area contributed by atoms with Crippen LogP contribution in [0, 0.1) is 0 Å². The molecule has 0 radical (unpaired) electrons. The molecule has 0 saturated heterocycles. The second-order valence-electron chi connectivity index (χ2n) is 3.69. The lowest BCUT2D eigenvalue weighted by molar-refractivity contribution is -0.119. The molecule has 0 aliphatic carbocycles. The largest absolute Gasteiger partial charge is 0.465 e. The Morgan fingerprint density at radius 1 is 1.35 bits per heavy atom. The summed E-state index contributed by atoms with van der Waals surface area (Å²) in [5, 5.41) is 2.97. The van der Waals surface area contributed by atoms with Crippen LogP contribution in [0.15, 0.2) is 24.3 Å². The third-order valence-corrected chi connectivity index (χ3v) is 2.41. The van der Waals surface area contributed by atoms with Crippen LogP contribution in [0.2, 0.25) is 0 Å². The van der Waals surface area contributed by atoms with Crippen LogP contribution in [0.3, 0.4) is 0 Å². The molecule has 1 unspecified atom stereocenters. The van der Waals surface area contributed by atoms with Gasteiger partial charge in [0.25, 0.3) is 0 Å². The summed E-state index contributed by atoms with van der Waals surface area (Å²) in [7, 11) is 1.34.